The van der Waals surface area contributed by atoms with E-state index in [1.54, 1.807) is 32.9 Å². The van der Waals surface area contributed by atoms with Crippen LogP contribution >= 0.6 is 0 Å². The van der Waals surface area contributed by atoms with Crippen molar-refractivity contribution in [1.29, 1.82) is 0 Å². The van der Waals surface area contributed by atoms with Crippen molar-refractivity contribution in [3.63, 3.8) is 0 Å². The summed E-state index contributed by atoms with van der Waals surface area (Å²) in [5, 5.41) is 0. The van der Waals surface area contributed by atoms with Crippen LogP contribution in [0.3, 0.4) is 0 Å². The van der Waals surface area contributed by atoms with Gasteiger partial charge in [-0.2, -0.15) is 8.42 Å². The van der Waals surface area contributed by atoms with E-state index in [1.807, 2.05) is 12.1 Å². The first-order valence-corrected chi connectivity index (χ1v) is 8.20. The number of hydrogen-bond donors (Lipinski definition) is 0. The monoisotopic (exact) mass is 284 g/mol. The first-order chi connectivity index (χ1) is 8.74. The van der Waals surface area contributed by atoms with Gasteiger partial charge in [0.1, 0.15) is 0 Å². The van der Waals surface area contributed by atoms with Crippen molar-refractivity contribution in [1.82, 2.24) is 0 Å². The van der Waals surface area contributed by atoms with E-state index in [4.69, 9.17) is 4.18 Å². The van der Waals surface area contributed by atoms with Crippen LogP contribution in [0.15, 0.2) is 29.2 Å². The van der Waals surface area contributed by atoms with E-state index in [-0.39, 0.29) is 4.90 Å². The summed E-state index contributed by atoms with van der Waals surface area (Å²) in [7, 11) is -3.66. The lowest BCUT2D eigenvalue weighted by atomic mass is 10.1. The Morgan fingerprint density at radius 1 is 1.05 bits per heavy atom. The highest BCUT2D eigenvalue weighted by Crippen LogP contribution is 2.20. The second kappa shape index (κ2) is 6.53. The van der Waals surface area contributed by atoms with Gasteiger partial charge in [-0.1, -0.05) is 31.9 Å². The van der Waals surface area contributed by atoms with Gasteiger partial charge in [0.2, 0.25) is 0 Å². The molecule has 1 aromatic carbocycles. The van der Waals surface area contributed by atoms with Crippen LogP contribution in [0.4, 0.5) is 0 Å². The molecule has 0 N–H and O–H groups in total. The van der Waals surface area contributed by atoms with Crippen molar-refractivity contribution in [3.05, 3.63) is 29.8 Å². The second-order valence-corrected chi connectivity index (χ2v) is 7.30. The van der Waals surface area contributed by atoms with E-state index >= 15 is 0 Å². The predicted octanol–water partition coefficient (Wildman–Crippen LogP) is 3.92. The van der Waals surface area contributed by atoms with Crippen molar-refractivity contribution < 1.29 is 12.6 Å². The van der Waals surface area contributed by atoms with Crippen molar-refractivity contribution in [3.8, 4) is 0 Å². The molecule has 4 heteroatoms. The average Bonchev–Trinajstić information content (AvgIpc) is 2.27. The third-order valence-corrected chi connectivity index (χ3v) is 4.21. The molecule has 19 heavy (non-hydrogen) atoms. The Morgan fingerprint density at radius 3 is 2.11 bits per heavy atom. The van der Waals surface area contributed by atoms with Gasteiger partial charge in [-0.05, 0) is 51.3 Å². The van der Waals surface area contributed by atoms with Gasteiger partial charge < -0.3 is 0 Å². The summed E-state index contributed by atoms with van der Waals surface area (Å²) in [5.74, 6) is 0. The molecule has 0 aliphatic heterocycles. The predicted molar refractivity (Wildman–Crippen MR) is 77.7 cm³/mol. The minimum atomic E-state index is -3.66. The maximum absolute atomic E-state index is 12.0. The molecule has 0 heterocycles. The smallest absolute Gasteiger partial charge is 0.261 e. The van der Waals surface area contributed by atoms with Crippen molar-refractivity contribution >= 4 is 10.1 Å². The Hall–Kier alpha value is -0.870. The van der Waals surface area contributed by atoms with Crippen LogP contribution in [0.2, 0.25) is 0 Å². The molecule has 0 fully saturated rings. The summed E-state index contributed by atoms with van der Waals surface area (Å²) in [6, 6.07) is 6.99. The number of unbranched alkanes of at least 4 members (excludes halogenated alkanes) is 2. The molecule has 0 aliphatic rings. The summed E-state index contributed by atoms with van der Waals surface area (Å²) in [6.45, 7) is 7.34. The van der Waals surface area contributed by atoms with Crippen LogP contribution in [0, 0.1) is 0 Å². The molecule has 3 nitrogen and oxygen atoms in total. The van der Waals surface area contributed by atoms with E-state index in [0.29, 0.717) is 0 Å². The molecule has 0 radical (unpaired) electrons. The lowest BCUT2D eigenvalue weighted by Crippen LogP contribution is -2.24. The molecule has 1 rings (SSSR count). The molecule has 0 unspecified atom stereocenters. The van der Waals surface area contributed by atoms with Gasteiger partial charge in [-0.15, -0.1) is 0 Å². The van der Waals surface area contributed by atoms with Crippen molar-refractivity contribution in [2.45, 2.75) is 63.9 Å². The molecule has 0 aromatic heterocycles. The quantitative estimate of drug-likeness (QED) is 0.587. The molecule has 0 atom stereocenters. The van der Waals surface area contributed by atoms with E-state index in [2.05, 4.69) is 6.92 Å². The average molecular weight is 284 g/mol. The molecule has 0 bridgehead atoms. The summed E-state index contributed by atoms with van der Waals surface area (Å²) in [6.07, 6.45) is 4.52. The van der Waals surface area contributed by atoms with Crippen LogP contribution < -0.4 is 0 Å². The molecule has 0 saturated heterocycles. The third-order valence-electron chi connectivity index (χ3n) is 2.64. The van der Waals surface area contributed by atoms with Gasteiger partial charge in [0.15, 0.2) is 0 Å². The van der Waals surface area contributed by atoms with Gasteiger partial charge in [-0.3, -0.25) is 4.18 Å². The Balaban J connectivity index is 2.75. The molecule has 0 amide bonds. The zero-order chi connectivity index (χ0) is 14.5. The topological polar surface area (TPSA) is 43.4 Å². The Bertz CT molecular complexity index is 481. The van der Waals surface area contributed by atoms with E-state index in [1.165, 1.54) is 18.4 Å². The number of rotatable bonds is 6. The zero-order valence-corrected chi connectivity index (χ0v) is 13.1. The summed E-state index contributed by atoms with van der Waals surface area (Å²) >= 11 is 0. The highest BCUT2D eigenvalue weighted by molar-refractivity contribution is 7.86. The highest BCUT2D eigenvalue weighted by atomic mass is 32.2. The highest BCUT2D eigenvalue weighted by Gasteiger charge is 2.23. The first kappa shape index (κ1) is 16.2. The molecule has 0 aliphatic carbocycles. The Kier molecular flexibility index (Phi) is 5.56. The van der Waals surface area contributed by atoms with Crippen LogP contribution in [-0.2, 0) is 20.7 Å². The molecule has 108 valence electrons. The maximum atomic E-state index is 12.0. The summed E-state index contributed by atoms with van der Waals surface area (Å²) < 4.78 is 29.1. The van der Waals surface area contributed by atoms with Crippen molar-refractivity contribution in [2.24, 2.45) is 0 Å². The largest absolute Gasteiger partial charge is 0.297 e. The molecule has 1 aromatic rings. The van der Waals surface area contributed by atoms with Gasteiger partial charge >= 0.3 is 0 Å². The number of hydrogen-bond acceptors (Lipinski definition) is 3. The Labute approximate surface area is 117 Å². The fourth-order valence-corrected chi connectivity index (χ4v) is 3.00. The normalized spacial score (nSPS) is 12.6. The third kappa shape index (κ3) is 5.74. The number of benzene rings is 1. The summed E-state index contributed by atoms with van der Waals surface area (Å²) in [5.41, 5.74) is 0.460. The van der Waals surface area contributed by atoms with Crippen LogP contribution in [-0.4, -0.2) is 14.0 Å². The molecular formula is C15H24O3S. The molecule has 0 spiro atoms. The van der Waals surface area contributed by atoms with E-state index in [0.717, 1.165) is 12.8 Å². The van der Waals surface area contributed by atoms with Crippen LogP contribution in [0.5, 0.6) is 0 Å². The number of aryl methyl sites for hydroxylation is 1. The van der Waals surface area contributed by atoms with Gasteiger partial charge in [0.05, 0.1) is 10.5 Å². The van der Waals surface area contributed by atoms with E-state index < -0.39 is 15.7 Å². The lowest BCUT2D eigenvalue weighted by molar-refractivity contribution is 0.139. The molecule has 0 saturated carbocycles. The SMILES string of the molecule is CCCCCc1ccc(S(=O)(=O)OC(C)(C)C)cc1. The van der Waals surface area contributed by atoms with Gasteiger partial charge in [-0.25, -0.2) is 0 Å². The van der Waals surface area contributed by atoms with Gasteiger partial charge in [0.25, 0.3) is 10.1 Å². The second-order valence-electron chi connectivity index (χ2n) is 5.75. The lowest BCUT2D eigenvalue weighted by Gasteiger charge is -2.18. The minimum absolute atomic E-state index is 0.224. The maximum Gasteiger partial charge on any atom is 0.297 e. The minimum Gasteiger partial charge on any atom is -0.261 e. The van der Waals surface area contributed by atoms with Crippen LogP contribution in [0.1, 0.15) is 52.5 Å². The summed E-state index contributed by atoms with van der Waals surface area (Å²) in [4.78, 5) is 0.224. The fourth-order valence-electron chi connectivity index (χ4n) is 1.78. The Morgan fingerprint density at radius 2 is 1.63 bits per heavy atom. The van der Waals surface area contributed by atoms with Crippen LogP contribution in [0.25, 0.3) is 0 Å². The van der Waals surface area contributed by atoms with Gasteiger partial charge in [0, 0.05) is 0 Å². The zero-order valence-electron chi connectivity index (χ0n) is 12.3. The first-order valence-electron chi connectivity index (χ1n) is 6.79. The fraction of sp³-hybridized carbons (Fsp3) is 0.600. The van der Waals surface area contributed by atoms with Crippen molar-refractivity contribution in [2.75, 3.05) is 0 Å². The standard InChI is InChI=1S/C15H24O3S/c1-5-6-7-8-13-9-11-14(12-10-13)19(16,17)18-15(2,3)4/h9-12H,5-8H2,1-4H3. The van der Waals surface area contributed by atoms with E-state index in [9.17, 15) is 8.42 Å². The molecular weight excluding hydrogens is 260 g/mol.